The smallest absolute Gasteiger partial charge is 0.247 e. The van der Waals surface area contributed by atoms with E-state index in [1.165, 1.54) is 17.0 Å². The largest absolute Gasteiger partial charge is 0.348 e. The van der Waals surface area contributed by atoms with Gasteiger partial charge in [-0.2, -0.15) is 0 Å². The maximum atomic E-state index is 13.5. The van der Waals surface area contributed by atoms with Gasteiger partial charge in [-0.25, -0.2) is 8.78 Å². The molecule has 0 saturated carbocycles. The minimum Gasteiger partial charge on any atom is -0.348 e. The Bertz CT molecular complexity index is 1140. The summed E-state index contributed by atoms with van der Waals surface area (Å²) in [5, 5.41) is 2.80. The van der Waals surface area contributed by atoms with Crippen LogP contribution in [0.4, 0.5) is 8.78 Å². The van der Waals surface area contributed by atoms with E-state index in [1.807, 2.05) is 0 Å². The second-order valence-corrected chi connectivity index (χ2v) is 7.51. The zero-order valence-electron chi connectivity index (χ0n) is 16.7. The van der Waals surface area contributed by atoms with Crippen molar-refractivity contribution in [3.63, 3.8) is 0 Å². The second-order valence-electron chi connectivity index (χ2n) is 7.51. The summed E-state index contributed by atoms with van der Waals surface area (Å²) in [6, 6.07) is 6.88. The number of rotatable bonds is 5. The van der Waals surface area contributed by atoms with Gasteiger partial charge in [0.15, 0.2) is 17.4 Å². The Balaban J connectivity index is 1.50. The first-order valence-corrected chi connectivity index (χ1v) is 9.71. The molecule has 1 aliphatic carbocycles. The van der Waals surface area contributed by atoms with Gasteiger partial charge in [-0.15, -0.1) is 0 Å². The predicted molar refractivity (Wildman–Crippen MR) is 107 cm³/mol. The van der Waals surface area contributed by atoms with Gasteiger partial charge in [0.25, 0.3) is 0 Å². The van der Waals surface area contributed by atoms with Crippen LogP contribution in [0.5, 0.6) is 0 Å². The lowest BCUT2D eigenvalue weighted by molar-refractivity contribution is -0.139. The fraction of sp³-hybridized carbons (Fsp3) is 0.217. The molecule has 1 N–H and O–H groups in total. The van der Waals surface area contributed by atoms with E-state index in [1.54, 1.807) is 31.6 Å². The third-order valence-corrected chi connectivity index (χ3v) is 5.52. The molecule has 6 nitrogen and oxygen atoms in total. The third kappa shape index (κ3) is 4.01. The van der Waals surface area contributed by atoms with E-state index in [0.29, 0.717) is 29.0 Å². The number of benzene rings is 1. The molecule has 0 spiro atoms. The number of halogens is 2. The van der Waals surface area contributed by atoms with Gasteiger partial charge in [-0.3, -0.25) is 19.4 Å². The van der Waals surface area contributed by atoms with Crippen molar-refractivity contribution in [1.82, 2.24) is 15.2 Å². The first kappa shape index (κ1) is 20.6. The van der Waals surface area contributed by atoms with Crippen LogP contribution in [-0.2, 0) is 27.3 Å². The average Bonchev–Trinajstić information content (AvgIpc) is 3.23. The molecule has 31 heavy (non-hydrogen) atoms. The van der Waals surface area contributed by atoms with Crippen LogP contribution in [-0.4, -0.2) is 34.5 Å². The number of hydrogen-bond acceptors (Lipinski definition) is 4. The number of allylic oxidation sites excluding steroid dienone is 3. The van der Waals surface area contributed by atoms with E-state index in [9.17, 15) is 23.2 Å². The van der Waals surface area contributed by atoms with Crippen molar-refractivity contribution in [3.05, 3.63) is 88.4 Å². The summed E-state index contributed by atoms with van der Waals surface area (Å²) < 4.78 is 26.7. The molecule has 2 amide bonds. The van der Waals surface area contributed by atoms with Crippen molar-refractivity contribution in [2.75, 3.05) is 7.05 Å². The van der Waals surface area contributed by atoms with Crippen LogP contribution in [0.25, 0.3) is 0 Å². The molecular weight excluding hydrogens is 404 g/mol. The number of nitrogens with one attached hydrogen (secondary N) is 1. The highest BCUT2D eigenvalue weighted by Gasteiger charge is 2.41. The van der Waals surface area contributed by atoms with Crippen LogP contribution in [0.2, 0.25) is 0 Å². The van der Waals surface area contributed by atoms with Gasteiger partial charge in [-0.05, 0) is 47.9 Å². The number of carbonyl (C=O) groups excluding carboxylic acids is 3. The molecule has 1 aromatic heterocycles. The summed E-state index contributed by atoms with van der Waals surface area (Å²) in [6.07, 6.45) is 4.89. The Kier molecular flexibility index (Phi) is 5.46. The third-order valence-electron chi connectivity index (χ3n) is 5.52. The first-order chi connectivity index (χ1) is 14.8. The van der Waals surface area contributed by atoms with Crippen LogP contribution in [0.15, 0.2) is 65.6 Å². The predicted octanol–water partition coefficient (Wildman–Crippen LogP) is 2.46. The number of pyridine rings is 1. The standard InChI is InChI=1S/C23H19F2N3O3/c1-28-20-11-15(22(30)27-12-13-4-6-26-7-5-13)10-16(20)21(29)17(23(28)31)8-14-2-3-18(24)19(25)9-14/h2-7,9-10,17H,8,11-12H2,1H3,(H,27,30). The molecule has 2 heterocycles. The SMILES string of the molecule is CN1C(=O)C(Cc2ccc(F)c(F)c2)C(=O)C2=C1CC(C(=O)NCc1ccncc1)=C2. The first-order valence-electron chi connectivity index (χ1n) is 9.71. The quantitative estimate of drug-likeness (QED) is 0.750. The topological polar surface area (TPSA) is 79.4 Å². The van der Waals surface area contributed by atoms with Gasteiger partial charge < -0.3 is 10.2 Å². The Morgan fingerprint density at radius 3 is 2.58 bits per heavy atom. The van der Waals surface area contributed by atoms with E-state index < -0.39 is 29.2 Å². The zero-order chi connectivity index (χ0) is 22.1. The number of amides is 2. The van der Waals surface area contributed by atoms with E-state index in [-0.39, 0.29) is 18.7 Å². The molecule has 0 fully saturated rings. The molecule has 158 valence electrons. The van der Waals surface area contributed by atoms with Crippen molar-refractivity contribution in [1.29, 1.82) is 0 Å². The molecular formula is C23H19F2N3O3. The average molecular weight is 423 g/mol. The highest BCUT2D eigenvalue weighted by molar-refractivity contribution is 6.16. The number of aromatic nitrogens is 1. The van der Waals surface area contributed by atoms with E-state index >= 15 is 0 Å². The van der Waals surface area contributed by atoms with Crippen molar-refractivity contribution >= 4 is 17.6 Å². The zero-order valence-corrected chi connectivity index (χ0v) is 16.7. The van der Waals surface area contributed by atoms with Crippen molar-refractivity contribution in [2.45, 2.75) is 19.4 Å². The molecule has 2 aliphatic rings. The summed E-state index contributed by atoms with van der Waals surface area (Å²) in [5.41, 5.74) is 2.41. The van der Waals surface area contributed by atoms with Crippen LogP contribution < -0.4 is 5.32 Å². The lowest BCUT2D eigenvalue weighted by atomic mass is 9.86. The van der Waals surface area contributed by atoms with Crippen LogP contribution in [0, 0.1) is 17.6 Å². The fourth-order valence-corrected chi connectivity index (χ4v) is 3.79. The van der Waals surface area contributed by atoms with Gasteiger partial charge in [0.2, 0.25) is 11.8 Å². The van der Waals surface area contributed by atoms with Gasteiger partial charge in [0.05, 0.1) is 0 Å². The van der Waals surface area contributed by atoms with E-state index in [0.717, 1.165) is 17.7 Å². The summed E-state index contributed by atoms with van der Waals surface area (Å²) in [5.74, 6) is -4.25. The normalized spacial score (nSPS) is 18.2. The maximum absolute atomic E-state index is 13.5. The molecule has 2 aromatic rings. The number of carbonyl (C=O) groups is 3. The van der Waals surface area contributed by atoms with Crippen LogP contribution in [0.3, 0.4) is 0 Å². The highest BCUT2D eigenvalue weighted by Crippen LogP contribution is 2.35. The lowest BCUT2D eigenvalue weighted by Gasteiger charge is -2.30. The van der Waals surface area contributed by atoms with E-state index in [4.69, 9.17) is 0 Å². The second kappa shape index (κ2) is 8.22. The van der Waals surface area contributed by atoms with Gasteiger partial charge in [0.1, 0.15) is 5.92 Å². The molecule has 0 radical (unpaired) electrons. The van der Waals surface area contributed by atoms with Gasteiger partial charge in [0, 0.05) is 49.3 Å². The molecule has 1 aliphatic heterocycles. The lowest BCUT2D eigenvalue weighted by Crippen LogP contribution is -2.43. The number of hydrogen-bond donors (Lipinski definition) is 1. The molecule has 4 rings (SSSR count). The molecule has 1 atom stereocenters. The molecule has 8 heteroatoms. The van der Waals surface area contributed by atoms with Crippen LogP contribution >= 0.6 is 0 Å². The van der Waals surface area contributed by atoms with Gasteiger partial charge in [-0.1, -0.05) is 6.07 Å². The van der Waals surface area contributed by atoms with Gasteiger partial charge >= 0.3 is 0 Å². The monoisotopic (exact) mass is 423 g/mol. The molecule has 0 saturated heterocycles. The molecule has 0 bridgehead atoms. The number of Topliss-reactive ketones (excluding diaryl/α,β-unsaturated/α-hetero) is 1. The van der Waals surface area contributed by atoms with Crippen molar-refractivity contribution in [2.24, 2.45) is 5.92 Å². The van der Waals surface area contributed by atoms with Crippen LogP contribution in [0.1, 0.15) is 17.5 Å². The minimum absolute atomic E-state index is 0.0482. The van der Waals surface area contributed by atoms with Crippen molar-refractivity contribution < 1.29 is 23.2 Å². The molecule has 1 unspecified atom stereocenters. The summed E-state index contributed by atoms with van der Waals surface area (Å²) in [6.45, 7) is 0.310. The van der Waals surface area contributed by atoms with E-state index in [2.05, 4.69) is 10.3 Å². The number of ketones is 1. The van der Waals surface area contributed by atoms with Crippen molar-refractivity contribution in [3.8, 4) is 0 Å². The fourth-order valence-electron chi connectivity index (χ4n) is 3.79. The number of nitrogens with zero attached hydrogens (tertiary/aromatic N) is 2. The highest BCUT2D eigenvalue weighted by atomic mass is 19.2. The summed E-state index contributed by atoms with van der Waals surface area (Å²) in [7, 11) is 1.55. The summed E-state index contributed by atoms with van der Waals surface area (Å²) in [4.78, 5) is 43.7. The Morgan fingerprint density at radius 1 is 1.13 bits per heavy atom. The Labute approximate surface area is 177 Å². The maximum Gasteiger partial charge on any atom is 0.247 e. The minimum atomic E-state index is -1.05. The summed E-state index contributed by atoms with van der Waals surface area (Å²) >= 11 is 0. The Hall–Kier alpha value is -3.68. The molecule has 1 aromatic carbocycles. The Morgan fingerprint density at radius 2 is 1.87 bits per heavy atom.